The van der Waals surface area contributed by atoms with Gasteiger partial charge in [-0.15, -0.1) is 0 Å². The van der Waals surface area contributed by atoms with Crippen LogP contribution in [0.15, 0.2) is 42.5 Å². The van der Waals surface area contributed by atoms with Gasteiger partial charge >= 0.3 is 0 Å². The first kappa shape index (κ1) is 23.2. The van der Waals surface area contributed by atoms with Crippen LogP contribution in [-0.2, 0) is 21.2 Å². The zero-order valence-corrected chi connectivity index (χ0v) is 19.0. The largest absolute Gasteiger partial charge is 0.354 e. The van der Waals surface area contributed by atoms with Crippen molar-refractivity contribution in [2.24, 2.45) is 0 Å². The molecular weight excluding hydrogens is 408 g/mol. The van der Waals surface area contributed by atoms with Gasteiger partial charge in [0.15, 0.2) is 0 Å². The maximum atomic E-state index is 12.8. The van der Waals surface area contributed by atoms with Crippen LogP contribution in [0.3, 0.4) is 0 Å². The number of rotatable bonds is 9. The van der Waals surface area contributed by atoms with E-state index in [1.807, 2.05) is 51.1 Å². The summed E-state index contributed by atoms with van der Waals surface area (Å²) < 4.78 is 26.3. The summed E-state index contributed by atoms with van der Waals surface area (Å²) in [4.78, 5) is 12.8. The molecule has 0 unspecified atom stereocenters. The molecule has 0 heterocycles. The minimum atomic E-state index is -3.63. The third-order valence-electron chi connectivity index (χ3n) is 4.67. The van der Waals surface area contributed by atoms with Gasteiger partial charge in [0.1, 0.15) is 6.04 Å². The number of amides is 1. The molecule has 0 bridgehead atoms. The van der Waals surface area contributed by atoms with Gasteiger partial charge in [-0.3, -0.25) is 9.10 Å². The Labute approximate surface area is 179 Å². The van der Waals surface area contributed by atoms with Gasteiger partial charge in [-0.1, -0.05) is 42.8 Å². The Morgan fingerprint density at radius 2 is 1.76 bits per heavy atom. The molecule has 0 aliphatic carbocycles. The lowest BCUT2D eigenvalue weighted by Gasteiger charge is -2.30. The standard InChI is InChI=1S/C22H29ClN2O3S/c1-5-21(22(26)24-12-8-10-18-9-6-7-11-20(18)23)25(29(4,27)28)19-14-16(2)13-17(3)15-19/h6-7,9,11,13-15,21H,5,8,10,12H2,1-4H3,(H,24,26)/t21-/m0/s1. The highest BCUT2D eigenvalue weighted by molar-refractivity contribution is 7.92. The smallest absolute Gasteiger partial charge is 0.243 e. The summed E-state index contributed by atoms with van der Waals surface area (Å²) in [5, 5.41) is 3.60. The molecule has 1 N–H and O–H groups in total. The predicted octanol–water partition coefficient (Wildman–Crippen LogP) is 4.25. The Bertz CT molecular complexity index is 940. The number of benzene rings is 2. The maximum Gasteiger partial charge on any atom is 0.243 e. The van der Waals surface area contributed by atoms with Crippen molar-refractivity contribution in [1.29, 1.82) is 0 Å². The van der Waals surface area contributed by atoms with Gasteiger partial charge < -0.3 is 5.32 Å². The molecule has 2 rings (SSSR count). The van der Waals surface area contributed by atoms with Gasteiger partial charge in [-0.2, -0.15) is 0 Å². The van der Waals surface area contributed by atoms with Crippen molar-refractivity contribution in [2.75, 3.05) is 17.1 Å². The number of nitrogens with zero attached hydrogens (tertiary/aromatic N) is 1. The monoisotopic (exact) mass is 436 g/mol. The SMILES string of the molecule is CC[C@@H](C(=O)NCCCc1ccccc1Cl)N(c1cc(C)cc(C)c1)S(C)(=O)=O. The minimum Gasteiger partial charge on any atom is -0.354 e. The van der Waals surface area contributed by atoms with Crippen molar-refractivity contribution in [3.63, 3.8) is 0 Å². The second kappa shape index (κ2) is 10.1. The number of sulfonamides is 1. The maximum absolute atomic E-state index is 12.8. The quantitative estimate of drug-likeness (QED) is 0.597. The van der Waals surface area contributed by atoms with Gasteiger partial charge in [-0.25, -0.2) is 8.42 Å². The summed E-state index contributed by atoms with van der Waals surface area (Å²) in [6.45, 7) is 6.08. The van der Waals surface area contributed by atoms with E-state index in [0.717, 1.165) is 29.4 Å². The molecule has 0 fully saturated rings. The number of carbonyl (C=O) groups excluding carboxylic acids is 1. The van der Waals surface area contributed by atoms with Crippen molar-refractivity contribution in [3.05, 3.63) is 64.2 Å². The fourth-order valence-electron chi connectivity index (χ4n) is 3.45. The first-order chi connectivity index (χ1) is 13.6. The fourth-order valence-corrected chi connectivity index (χ4v) is 4.87. The third kappa shape index (κ3) is 6.47. The van der Waals surface area contributed by atoms with Crippen LogP contribution in [-0.4, -0.2) is 33.2 Å². The normalized spacial score (nSPS) is 12.4. The van der Waals surface area contributed by atoms with Crippen LogP contribution in [0.5, 0.6) is 0 Å². The molecule has 1 amide bonds. The summed E-state index contributed by atoms with van der Waals surface area (Å²) in [7, 11) is -3.63. The lowest BCUT2D eigenvalue weighted by molar-refractivity contribution is -0.122. The number of nitrogens with one attached hydrogen (secondary N) is 1. The molecule has 158 valence electrons. The van der Waals surface area contributed by atoms with E-state index in [1.54, 1.807) is 12.1 Å². The molecule has 2 aromatic carbocycles. The topological polar surface area (TPSA) is 66.5 Å². The number of hydrogen-bond acceptors (Lipinski definition) is 3. The van der Waals surface area contributed by atoms with Crippen molar-refractivity contribution in [3.8, 4) is 0 Å². The number of anilines is 1. The summed E-state index contributed by atoms with van der Waals surface area (Å²) >= 11 is 6.16. The molecule has 2 aromatic rings. The van der Waals surface area contributed by atoms with Crippen molar-refractivity contribution in [1.82, 2.24) is 5.32 Å². The van der Waals surface area contributed by atoms with Crippen LogP contribution in [0.2, 0.25) is 5.02 Å². The number of aryl methyl sites for hydroxylation is 3. The van der Waals surface area contributed by atoms with Crippen LogP contribution >= 0.6 is 11.6 Å². The van der Waals surface area contributed by atoms with Gasteiger partial charge in [0.2, 0.25) is 15.9 Å². The molecule has 0 aromatic heterocycles. The van der Waals surface area contributed by atoms with Gasteiger partial charge in [-0.05, 0) is 68.0 Å². The summed E-state index contributed by atoms with van der Waals surface area (Å²) in [5.41, 5.74) is 3.44. The van der Waals surface area contributed by atoms with E-state index in [9.17, 15) is 13.2 Å². The van der Waals surface area contributed by atoms with Crippen molar-refractivity contribution >= 4 is 33.2 Å². The summed E-state index contributed by atoms with van der Waals surface area (Å²) in [6.07, 6.45) is 2.96. The molecular formula is C22H29ClN2O3S. The molecule has 0 aliphatic rings. The molecule has 1 atom stereocenters. The molecule has 7 heteroatoms. The van der Waals surface area contributed by atoms with Crippen molar-refractivity contribution in [2.45, 2.75) is 46.1 Å². The zero-order chi connectivity index (χ0) is 21.6. The van der Waals surface area contributed by atoms with Crippen LogP contribution in [0.1, 0.15) is 36.5 Å². The van der Waals surface area contributed by atoms with Crippen LogP contribution in [0.4, 0.5) is 5.69 Å². The highest BCUT2D eigenvalue weighted by Crippen LogP contribution is 2.25. The van der Waals surface area contributed by atoms with Crippen LogP contribution in [0, 0.1) is 13.8 Å². The van der Waals surface area contributed by atoms with E-state index in [2.05, 4.69) is 5.32 Å². The molecule has 5 nitrogen and oxygen atoms in total. The van der Waals surface area contributed by atoms with E-state index in [1.165, 1.54) is 4.31 Å². The molecule has 0 aliphatic heterocycles. The van der Waals surface area contributed by atoms with Gasteiger partial charge in [0.25, 0.3) is 0 Å². The zero-order valence-electron chi connectivity index (χ0n) is 17.4. The van der Waals surface area contributed by atoms with Crippen LogP contribution in [0.25, 0.3) is 0 Å². The van der Waals surface area contributed by atoms with Gasteiger partial charge in [0, 0.05) is 11.6 Å². The van der Waals surface area contributed by atoms with Crippen molar-refractivity contribution < 1.29 is 13.2 Å². The third-order valence-corrected chi connectivity index (χ3v) is 6.22. The average Bonchev–Trinajstić information content (AvgIpc) is 2.62. The Morgan fingerprint density at radius 1 is 1.14 bits per heavy atom. The van der Waals surface area contributed by atoms with Gasteiger partial charge in [0.05, 0.1) is 11.9 Å². The average molecular weight is 437 g/mol. The number of halogens is 1. The number of hydrogen-bond donors (Lipinski definition) is 1. The summed E-state index contributed by atoms with van der Waals surface area (Å²) in [6, 6.07) is 12.4. The fraction of sp³-hybridized carbons (Fsp3) is 0.409. The van der Waals surface area contributed by atoms with E-state index in [-0.39, 0.29) is 5.91 Å². The Hall–Kier alpha value is -2.05. The lowest BCUT2D eigenvalue weighted by Crippen LogP contribution is -2.49. The van der Waals surface area contributed by atoms with E-state index >= 15 is 0 Å². The van der Waals surface area contributed by atoms with Crippen LogP contribution < -0.4 is 9.62 Å². The first-order valence-electron chi connectivity index (χ1n) is 9.72. The van der Waals surface area contributed by atoms with E-state index in [4.69, 9.17) is 11.6 Å². The predicted molar refractivity (Wildman–Crippen MR) is 120 cm³/mol. The second-order valence-corrected chi connectivity index (χ2v) is 9.58. The Kier molecular flexibility index (Phi) is 8.11. The molecule has 0 saturated carbocycles. The molecule has 0 saturated heterocycles. The minimum absolute atomic E-state index is 0.295. The Morgan fingerprint density at radius 3 is 2.31 bits per heavy atom. The molecule has 29 heavy (non-hydrogen) atoms. The molecule has 0 radical (unpaired) electrons. The summed E-state index contributed by atoms with van der Waals surface area (Å²) in [5.74, 6) is -0.295. The first-order valence-corrected chi connectivity index (χ1v) is 11.9. The van der Waals surface area contributed by atoms with E-state index < -0.39 is 16.1 Å². The number of carbonyl (C=O) groups is 1. The van der Waals surface area contributed by atoms with E-state index in [0.29, 0.717) is 30.1 Å². The second-order valence-electron chi connectivity index (χ2n) is 7.31. The lowest BCUT2D eigenvalue weighted by atomic mass is 10.1. The molecule has 0 spiro atoms. The Balaban J connectivity index is 2.11. The highest BCUT2D eigenvalue weighted by Gasteiger charge is 2.31. The highest BCUT2D eigenvalue weighted by atomic mass is 35.5.